The Morgan fingerprint density at radius 3 is 2.25 bits per heavy atom. The van der Waals surface area contributed by atoms with Gasteiger partial charge in [-0.05, 0) is 17.4 Å². The molecule has 1 atom stereocenters. The molecular weight excluding hydrogens is 316 g/mol. The van der Waals surface area contributed by atoms with Crippen LogP contribution in [0.25, 0.3) is 0 Å². The molecule has 1 aliphatic rings. The third-order valence-electron chi connectivity index (χ3n) is 4.10. The summed E-state index contributed by atoms with van der Waals surface area (Å²) in [6, 6.07) is 1.86. The van der Waals surface area contributed by atoms with E-state index in [2.05, 4.69) is 56.5 Å². The molecule has 20 heavy (non-hydrogen) atoms. The standard InChI is InChI=1S/C15H25BrN4/c1-15(2,3)13(11-16)12-19-7-9-20(10-8-19)14-17-5-4-6-18-14/h4-6,13H,7-12H2,1-3H3. The molecule has 0 radical (unpaired) electrons. The van der Waals surface area contributed by atoms with E-state index in [1.54, 1.807) is 0 Å². The first-order chi connectivity index (χ1) is 9.50. The Morgan fingerprint density at radius 2 is 1.75 bits per heavy atom. The molecule has 1 aliphatic heterocycles. The summed E-state index contributed by atoms with van der Waals surface area (Å²) in [4.78, 5) is 13.5. The van der Waals surface area contributed by atoms with Gasteiger partial charge in [-0.25, -0.2) is 9.97 Å². The molecule has 0 spiro atoms. The van der Waals surface area contributed by atoms with E-state index in [0.717, 1.165) is 44.0 Å². The lowest BCUT2D eigenvalue weighted by molar-refractivity contribution is 0.159. The summed E-state index contributed by atoms with van der Waals surface area (Å²) in [7, 11) is 0. The number of anilines is 1. The van der Waals surface area contributed by atoms with Gasteiger partial charge in [0.25, 0.3) is 0 Å². The molecule has 0 amide bonds. The van der Waals surface area contributed by atoms with E-state index in [0.29, 0.717) is 11.3 Å². The number of alkyl halides is 1. The van der Waals surface area contributed by atoms with Crippen LogP contribution in [0.15, 0.2) is 18.5 Å². The monoisotopic (exact) mass is 340 g/mol. The summed E-state index contributed by atoms with van der Waals surface area (Å²) in [5.74, 6) is 1.54. The maximum Gasteiger partial charge on any atom is 0.225 e. The van der Waals surface area contributed by atoms with E-state index in [1.165, 1.54) is 0 Å². The summed E-state index contributed by atoms with van der Waals surface area (Å²) < 4.78 is 0. The molecule has 0 N–H and O–H groups in total. The Bertz CT molecular complexity index is 396. The van der Waals surface area contributed by atoms with Crippen molar-refractivity contribution < 1.29 is 0 Å². The molecule has 0 aromatic carbocycles. The molecule has 0 aliphatic carbocycles. The highest BCUT2D eigenvalue weighted by atomic mass is 79.9. The van der Waals surface area contributed by atoms with E-state index in [4.69, 9.17) is 0 Å². The van der Waals surface area contributed by atoms with Crippen molar-refractivity contribution in [1.82, 2.24) is 14.9 Å². The topological polar surface area (TPSA) is 32.3 Å². The van der Waals surface area contributed by atoms with Crippen molar-refractivity contribution in [2.45, 2.75) is 20.8 Å². The quantitative estimate of drug-likeness (QED) is 0.788. The molecule has 0 saturated carbocycles. The van der Waals surface area contributed by atoms with Crippen LogP contribution in [0.3, 0.4) is 0 Å². The molecule has 2 rings (SSSR count). The lowest BCUT2D eigenvalue weighted by Gasteiger charge is -2.39. The van der Waals surface area contributed by atoms with Crippen molar-refractivity contribution >= 4 is 21.9 Å². The number of nitrogens with zero attached hydrogens (tertiary/aromatic N) is 4. The molecule has 1 aromatic rings. The Hall–Kier alpha value is -0.680. The van der Waals surface area contributed by atoms with Gasteiger partial charge in [0.1, 0.15) is 0 Å². The summed E-state index contributed by atoms with van der Waals surface area (Å²) in [6.07, 6.45) is 3.63. The average molecular weight is 341 g/mol. The third kappa shape index (κ3) is 4.16. The maximum absolute atomic E-state index is 4.33. The molecule has 0 bridgehead atoms. The highest BCUT2D eigenvalue weighted by Crippen LogP contribution is 2.28. The zero-order valence-electron chi connectivity index (χ0n) is 12.7. The lowest BCUT2D eigenvalue weighted by Crippen LogP contribution is -2.49. The van der Waals surface area contributed by atoms with Crippen LogP contribution in [0.5, 0.6) is 0 Å². The lowest BCUT2D eigenvalue weighted by atomic mass is 9.81. The van der Waals surface area contributed by atoms with Crippen molar-refractivity contribution in [3.8, 4) is 0 Å². The Morgan fingerprint density at radius 1 is 1.15 bits per heavy atom. The number of piperazine rings is 1. The van der Waals surface area contributed by atoms with Gasteiger partial charge >= 0.3 is 0 Å². The predicted molar refractivity (Wildman–Crippen MR) is 87.4 cm³/mol. The zero-order chi connectivity index (χ0) is 14.6. The minimum atomic E-state index is 0.350. The van der Waals surface area contributed by atoms with Crippen LogP contribution in [0.1, 0.15) is 20.8 Å². The Kier molecular flexibility index (Phi) is 5.38. The molecular formula is C15H25BrN4. The van der Waals surface area contributed by atoms with E-state index in [-0.39, 0.29) is 0 Å². The first kappa shape index (κ1) is 15.7. The molecule has 4 nitrogen and oxygen atoms in total. The summed E-state index contributed by atoms with van der Waals surface area (Å²) >= 11 is 3.67. The van der Waals surface area contributed by atoms with Gasteiger partial charge < -0.3 is 4.90 Å². The van der Waals surface area contributed by atoms with Crippen molar-refractivity contribution in [1.29, 1.82) is 0 Å². The van der Waals surface area contributed by atoms with Gasteiger partial charge in [-0.3, -0.25) is 4.90 Å². The molecule has 2 heterocycles. The van der Waals surface area contributed by atoms with Crippen LogP contribution in [0.4, 0.5) is 5.95 Å². The fourth-order valence-corrected chi connectivity index (χ4v) is 3.63. The Balaban J connectivity index is 1.85. The van der Waals surface area contributed by atoms with Crippen molar-refractivity contribution in [2.24, 2.45) is 11.3 Å². The molecule has 1 saturated heterocycles. The van der Waals surface area contributed by atoms with Gasteiger partial charge in [0, 0.05) is 50.4 Å². The zero-order valence-corrected chi connectivity index (χ0v) is 14.3. The number of hydrogen-bond donors (Lipinski definition) is 0. The third-order valence-corrected chi connectivity index (χ3v) is 4.88. The second-order valence-electron chi connectivity index (χ2n) is 6.55. The molecule has 1 unspecified atom stereocenters. The number of hydrogen-bond acceptors (Lipinski definition) is 4. The van der Waals surface area contributed by atoms with E-state index >= 15 is 0 Å². The smallest absolute Gasteiger partial charge is 0.225 e. The maximum atomic E-state index is 4.33. The molecule has 5 heteroatoms. The van der Waals surface area contributed by atoms with E-state index in [9.17, 15) is 0 Å². The van der Waals surface area contributed by atoms with Crippen LogP contribution >= 0.6 is 15.9 Å². The van der Waals surface area contributed by atoms with Gasteiger partial charge in [0.2, 0.25) is 5.95 Å². The van der Waals surface area contributed by atoms with Gasteiger partial charge in [0.05, 0.1) is 0 Å². The summed E-state index contributed by atoms with van der Waals surface area (Å²) in [6.45, 7) is 12.4. The normalized spacial score (nSPS) is 19.1. The highest BCUT2D eigenvalue weighted by Gasteiger charge is 2.27. The second-order valence-corrected chi connectivity index (χ2v) is 7.20. The average Bonchev–Trinajstić information content (AvgIpc) is 2.45. The van der Waals surface area contributed by atoms with Gasteiger partial charge in [-0.2, -0.15) is 0 Å². The van der Waals surface area contributed by atoms with Crippen molar-refractivity contribution in [2.75, 3.05) is 43.0 Å². The minimum Gasteiger partial charge on any atom is -0.338 e. The summed E-state index contributed by atoms with van der Waals surface area (Å²) in [5.41, 5.74) is 0.350. The predicted octanol–water partition coefficient (Wildman–Crippen LogP) is 2.66. The van der Waals surface area contributed by atoms with Crippen LogP contribution in [0, 0.1) is 11.3 Å². The van der Waals surface area contributed by atoms with Gasteiger partial charge in [-0.15, -0.1) is 0 Å². The van der Waals surface area contributed by atoms with Gasteiger partial charge in [0.15, 0.2) is 0 Å². The van der Waals surface area contributed by atoms with E-state index in [1.807, 2.05) is 18.5 Å². The summed E-state index contributed by atoms with van der Waals surface area (Å²) in [5, 5.41) is 1.07. The SMILES string of the molecule is CC(C)(C)C(CBr)CN1CCN(c2ncccn2)CC1. The molecule has 1 fully saturated rings. The molecule has 112 valence electrons. The van der Waals surface area contributed by atoms with Crippen molar-refractivity contribution in [3.05, 3.63) is 18.5 Å². The Labute approximate surface area is 130 Å². The highest BCUT2D eigenvalue weighted by molar-refractivity contribution is 9.09. The number of halogens is 1. The second kappa shape index (κ2) is 6.85. The van der Waals surface area contributed by atoms with Gasteiger partial charge in [-0.1, -0.05) is 36.7 Å². The van der Waals surface area contributed by atoms with Crippen LogP contribution in [-0.4, -0.2) is 52.9 Å². The fraction of sp³-hybridized carbons (Fsp3) is 0.733. The number of rotatable bonds is 4. The first-order valence-corrected chi connectivity index (χ1v) is 8.43. The van der Waals surface area contributed by atoms with E-state index < -0.39 is 0 Å². The first-order valence-electron chi connectivity index (χ1n) is 7.31. The van der Waals surface area contributed by atoms with Crippen molar-refractivity contribution in [3.63, 3.8) is 0 Å². The largest absolute Gasteiger partial charge is 0.338 e. The van der Waals surface area contributed by atoms with Crippen LogP contribution in [-0.2, 0) is 0 Å². The number of aromatic nitrogens is 2. The minimum absolute atomic E-state index is 0.350. The van der Waals surface area contributed by atoms with Crippen LogP contribution < -0.4 is 4.90 Å². The fourth-order valence-electron chi connectivity index (χ4n) is 2.45. The van der Waals surface area contributed by atoms with Crippen LogP contribution in [0.2, 0.25) is 0 Å². The molecule has 1 aromatic heterocycles.